The van der Waals surface area contributed by atoms with Gasteiger partial charge in [-0.25, -0.2) is 13.2 Å². The molecule has 2 aromatic rings. The zero-order chi connectivity index (χ0) is 21.8. The zero-order valence-electron chi connectivity index (χ0n) is 17.4. The molecule has 0 saturated heterocycles. The van der Waals surface area contributed by atoms with Crippen LogP contribution in [0.15, 0.2) is 47.4 Å². The Kier molecular flexibility index (Phi) is 7.32. The molecule has 0 bridgehead atoms. The van der Waals surface area contributed by atoms with Gasteiger partial charge in [-0.2, -0.15) is 4.31 Å². The van der Waals surface area contributed by atoms with Crippen LogP contribution in [0.5, 0.6) is 0 Å². The third-order valence-corrected chi connectivity index (χ3v) is 6.94. The summed E-state index contributed by atoms with van der Waals surface area (Å²) in [5.41, 5.74) is 2.72. The van der Waals surface area contributed by atoms with Crippen LogP contribution in [-0.4, -0.2) is 43.7 Å². The molecule has 0 aliphatic carbocycles. The van der Waals surface area contributed by atoms with Crippen molar-refractivity contribution in [2.24, 2.45) is 0 Å². The van der Waals surface area contributed by atoms with Gasteiger partial charge in [0.1, 0.15) is 0 Å². The van der Waals surface area contributed by atoms with Crippen LogP contribution in [0.4, 0.5) is 0 Å². The summed E-state index contributed by atoms with van der Waals surface area (Å²) in [6.07, 6.45) is -0.955. The normalized spacial score (nSPS) is 12.6. The number of Topliss-reactive ketones (excluding diaryl/α,β-unsaturated/α-hetero) is 1. The number of rotatable bonds is 8. The topological polar surface area (TPSA) is 80.8 Å². The van der Waals surface area contributed by atoms with Crippen molar-refractivity contribution in [3.8, 4) is 0 Å². The molecule has 7 heteroatoms. The van der Waals surface area contributed by atoms with Crippen molar-refractivity contribution in [3.63, 3.8) is 0 Å². The highest BCUT2D eigenvalue weighted by Crippen LogP contribution is 2.18. The van der Waals surface area contributed by atoms with Crippen LogP contribution in [0.25, 0.3) is 0 Å². The fourth-order valence-electron chi connectivity index (χ4n) is 2.89. The summed E-state index contributed by atoms with van der Waals surface area (Å²) in [6, 6.07) is 10.9. The van der Waals surface area contributed by atoms with E-state index in [2.05, 4.69) is 0 Å². The van der Waals surface area contributed by atoms with Gasteiger partial charge < -0.3 is 4.74 Å². The second kappa shape index (κ2) is 9.33. The maximum absolute atomic E-state index is 12.5. The van der Waals surface area contributed by atoms with Gasteiger partial charge in [-0.3, -0.25) is 4.79 Å². The minimum Gasteiger partial charge on any atom is -0.451 e. The Morgan fingerprint density at radius 1 is 0.931 bits per heavy atom. The lowest BCUT2D eigenvalue weighted by atomic mass is 10.0. The molecule has 0 N–H and O–H groups in total. The number of esters is 1. The van der Waals surface area contributed by atoms with Crippen molar-refractivity contribution in [1.29, 1.82) is 0 Å². The Morgan fingerprint density at radius 3 is 2.00 bits per heavy atom. The summed E-state index contributed by atoms with van der Waals surface area (Å²) in [5.74, 6) is -0.969. The highest BCUT2D eigenvalue weighted by molar-refractivity contribution is 7.89. The Hall–Kier alpha value is -2.51. The molecule has 0 fully saturated rings. The summed E-state index contributed by atoms with van der Waals surface area (Å²) in [6.45, 7) is 9.64. The molecule has 0 aromatic heterocycles. The maximum atomic E-state index is 12.5. The molecular formula is C22H27NO5S. The third kappa shape index (κ3) is 5.10. The zero-order valence-corrected chi connectivity index (χ0v) is 18.2. The van der Waals surface area contributed by atoms with E-state index in [4.69, 9.17) is 4.74 Å². The molecule has 29 heavy (non-hydrogen) atoms. The molecule has 0 aliphatic rings. The average Bonchev–Trinajstić information content (AvgIpc) is 2.70. The van der Waals surface area contributed by atoms with Gasteiger partial charge in [0.05, 0.1) is 10.5 Å². The number of carbonyl (C=O) groups excluding carboxylic acids is 2. The summed E-state index contributed by atoms with van der Waals surface area (Å²) in [5, 5.41) is 0. The van der Waals surface area contributed by atoms with Gasteiger partial charge in [0.15, 0.2) is 6.10 Å². The quantitative estimate of drug-likeness (QED) is 0.483. The number of aryl methyl sites for hydroxylation is 2. The van der Waals surface area contributed by atoms with E-state index in [1.165, 1.54) is 35.5 Å². The lowest BCUT2D eigenvalue weighted by Crippen LogP contribution is -2.30. The number of benzene rings is 2. The molecule has 1 atom stereocenters. The highest BCUT2D eigenvalue weighted by Gasteiger charge is 2.23. The second-order valence-electron chi connectivity index (χ2n) is 6.82. The molecule has 0 aliphatic heterocycles. The first kappa shape index (κ1) is 22.8. The van der Waals surface area contributed by atoms with Crippen molar-refractivity contribution in [1.82, 2.24) is 4.31 Å². The minimum absolute atomic E-state index is 0.108. The first-order valence-electron chi connectivity index (χ1n) is 9.54. The predicted octanol–water partition coefficient (Wildman–Crippen LogP) is 3.76. The molecule has 6 nitrogen and oxygen atoms in total. The second-order valence-corrected chi connectivity index (χ2v) is 8.76. The molecule has 0 heterocycles. The molecular weight excluding hydrogens is 390 g/mol. The molecule has 2 rings (SSSR count). The van der Waals surface area contributed by atoms with E-state index in [-0.39, 0.29) is 16.2 Å². The predicted molar refractivity (Wildman–Crippen MR) is 112 cm³/mol. The van der Waals surface area contributed by atoms with E-state index in [0.717, 1.165) is 11.1 Å². The number of carbonyl (C=O) groups is 2. The standard InChI is InChI=1S/C22H27NO5S/c1-6-23(7-2)29(26,27)20-12-10-18(11-13-20)22(25)28-17(5)21(24)19-9-8-15(3)16(4)14-19/h8-14,17H,6-7H2,1-5H3/t17-/m0/s1. The van der Waals surface area contributed by atoms with Gasteiger partial charge in [0.25, 0.3) is 0 Å². The molecule has 0 amide bonds. The average molecular weight is 418 g/mol. The van der Waals surface area contributed by atoms with Gasteiger partial charge in [-0.05, 0) is 62.2 Å². The van der Waals surface area contributed by atoms with E-state index in [9.17, 15) is 18.0 Å². The van der Waals surface area contributed by atoms with Crippen LogP contribution >= 0.6 is 0 Å². The number of nitrogens with zero attached hydrogens (tertiary/aromatic N) is 1. The van der Waals surface area contributed by atoms with Crippen molar-refractivity contribution in [2.75, 3.05) is 13.1 Å². The lowest BCUT2D eigenvalue weighted by molar-refractivity contribution is 0.0318. The van der Waals surface area contributed by atoms with Crippen molar-refractivity contribution < 1.29 is 22.7 Å². The largest absolute Gasteiger partial charge is 0.451 e. The van der Waals surface area contributed by atoms with Crippen LogP contribution in [0, 0.1) is 13.8 Å². The van der Waals surface area contributed by atoms with Crippen LogP contribution in [0.2, 0.25) is 0 Å². The molecule has 0 spiro atoms. The van der Waals surface area contributed by atoms with Crippen molar-refractivity contribution >= 4 is 21.8 Å². The van der Waals surface area contributed by atoms with Crippen LogP contribution < -0.4 is 0 Å². The summed E-state index contributed by atoms with van der Waals surface area (Å²) < 4.78 is 31.7. The summed E-state index contributed by atoms with van der Waals surface area (Å²) in [4.78, 5) is 25.0. The Morgan fingerprint density at radius 2 is 1.48 bits per heavy atom. The molecule has 0 unspecified atom stereocenters. The first-order chi connectivity index (χ1) is 13.6. The Balaban J connectivity index is 2.12. The lowest BCUT2D eigenvalue weighted by Gasteiger charge is -2.18. The smallest absolute Gasteiger partial charge is 0.338 e. The summed E-state index contributed by atoms with van der Waals surface area (Å²) >= 11 is 0. The van der Waals surface area contributed by atoms with E-state index in [1.54, 1.807) is 26.0 Å². The number of ether oxygens (including phenoxy) is 1. The van der Waals surface area contributed by atoms with Gasteiger partial charge in [-0.15, -0.1) is 0 Å². The fourth-order valence-corrected chi connectivity index (χ4v) is 4.35. The minimum atomic E-state index is -3.60. The van der Waals surface area contributed by atoms with Crippen molar-refractivity contribution in [3.05, 3.63) is 64.7 Å². The van der Waals surface area contributed by atoms with Gasteiger partial charge >= 0.3 is 5.97 Å². The SMILES string of the molecule is CCN(CC)S(=O)(=O)c1ccc(C(=O)O[C@@H](C)C(=O)c2ccc(C)c(C)c2)cc1. The molecule has 0 radical (unpaired) electrons. The van der Waals surface area contributed by atoms with Crippen LogP contribution in [0.3, 0.4) is 0 Å². The summed E-state index contributed by atoms with van der Waals surface area (Å²) in [7, 11) is -3.60. The van der Waals surface area contributed by atoms with E-state index >= 15 is 0 Å². The van der Waals surface area contributed by atoms with E-state index in [1.807, 2.05) is 19.9 Å². The van der Waals surface area contributed by atoms with Crippen LogP contribution in [-0.2, 0) is 14.8 Å². The molecule has 2 aromatic carbocycles. The van der Waals surface area contributed by atoms with Crippen LogP contribution in [0.1, 0.15) is 52.6 Å². The van der Waals surface area contributed by atoms with Crippen molar-refractivity contribution in [2.45, 2.75) is 45.6 Å². The Bertz CT molecular complexity index is 992. The number of sulfonamides is 1. The number of ketones is 1. The maximum Gasteiger partial charge on any atom is 0.338 e. The first-order valence-corrected chi connectivity index (χ1v) is 11.0. The molecule has 0 saturated carbocycles. The molecule has 156 valence electrons. The van der Waals surface area contributed by atoms with Gasteiger partial charge in [0, 0.05) is 18.7 Å². The number of hydrogen-bond donors (Lipinski definition) is 0. The van der Waals surface area contributed by atoms with Gasteiger partial charge in [-0.1, -0.05) is 26.0 Å². The monoisotopic (exact) mass is 417 g/mol. The third-order valence-electron chi connectivity index (χ3n) is 4.88. The van der Waals surface area contributed by atoms with E-state index in [0.29, 0.717) is 18.7 Å². The highest BCUT2D eigenvalue weighted by atomic mass is 32.2. The fraction of sp³-hybridized carbons (Fsp3) is 0.364. The number of hydrogen-bond acceptors (Lipinski definition) is 5. The Labute approximate surface area is 172 Å². The van der Waals surface area contributed by atoms with Gasteiger partial charge in [0.2, 0.25) is 15.8 Å². The van der Waals surface area contributed by atoms with E-state index < -0.39 is 22.1 Å².